The fourth-order valence-corrected chi connectivity index (χ4v) is 3.01. The molecule has 1 unspecified atom stereocenters. The van der Waals surface area contributed by atoms with Crippen LogP contribution in [0.2, 0.25) is 0 Å². The highest BCUT2D eigenvalue weighted by Gasteiger charge is 2.35. The standard InChI is InChI=1S/C20H23F3N2O/c1-3-25(4-2)18(15-10-6-5-7-11-15)14-24-19(26)16-12-8-9-13-17(16)20(21,22)23/h5-13,18H,3-4,14H2,1-2H3,(H,24,26). The molecule has 0 fully saturated rings. The van der Waals surface area contributed by atoms with Crippen molar-refractivity contribution in [3.05, 3.63) is 71.3 Å². The molecule has 0 aliphatic rings. The van der Waals surface area contributed by atoms with E-state index in [0.717, 1.165) is 24.7 Å². The van der Waals surface area contributed by atoms with Gasteiger partial charge in [0.1, 0.15) is 0 Å². The second-order valence-electron chi connectivity index (χ2n) is 5.90. The lowest BCUT2D eigenvalue weighted by Gasteiger charge is -2.30. The second-order valence-corrected chi connectivity index (χ2v) is 5.90. The van der Waals surface area contributed by atoms with Crippen LogP contribution in [-0.2, 0) is 6.18 Å². The van der Waals surface area contributed by atoms with E-state index in [-0.39, 0.29) is 18.2 Å². The number of carbonyl (C=O) groups is 1. The SMILES string of the molecule is CCN(CC)C(CNC(=O)c1ccccc1C(F)(F)F)c1ccccc1. The molecule has 0 saturated carbocycles. The predicted molar refractivity (Wildman–Crippen MR) is 95.9 cm³/mol. The average Bonchev–Trinajstić information content (AvgIpc) is 2.65. The molecule has 0 spiro atoms. The van der Waals surface area contributed by atoms with Gasteiger partial charge in [0.05, 0.1) is 17.2 Å². The average molecular weight is 364 g/mol. The van der Waals surface area contributed by atoms with E-state index >= 15 is 0 Å². The zero-order chi connectivity index (χ0) is 19.2. The van der Waals surface area contributed by atoms with Crippen molar-refractivity contribution in [2.45, 2.75) is 26.1 Å². The summed E-state index contributed by atoms with van der Waals surface area (Å²) in [7, 11) is 0. The van der Waals surface area contributed by atoms with Crippen LogP contribution >= 0.6 is 0 Å². The molecule has 2 aromatic carbocycles. The van der Waals surface area contributed by atoms with Crippen LogP contribution in [-0.4, -0.2) is 30.4 Å². The first-order valence-corrected chi connectivity index (χ1v) is 8.61. The van der Waals surface area contributed by atoms with Gasteiger partial charge in [-0.2, -0.15) is 13.2 Å². The number of hydrogen-bond acceptors (Lipinski definition) is 2. The summed E-state index contributed by atoms with van der Waals surface area (Å²) in [5.41, 5.74) is -0.261. The molecule has 6 heteroatoms. The molecule has 140 valence electrons. The summed E-state index contributed by atoms with van der Waals surface area (Å²) in [5.74, 6) is -0.717. The second kappa shape index (κ2) is 8.85. The summed E-state index contributed by atoms with van der Waals surface area (Å²) in [6.45, 7) is 5.80. The molecular weight excluding hydrogens is 341 g/mol. The lowest BCUT2D eigenvalue weighted by atomic mass is 10.0. The van der Waals surface area contributed by atoms with Gasteiger partial charge in [0, 0.05) is 6.54 Å². The molecule has 0 radical (unpaired) electrons. The van der Waals surface area contributed by atoms with Gasteiger partial charge in [-0.25, -0.2) is 0 Å². The van der Waals surface area contributed by atoms with Crippen LogP contribution < -0.4 is 5.32 Å². The minimum atomic E-state index is -4.56. The molecule has 26 heavy (non-hydrogen) atoms. The van der Waals surface area contributed by atoms with Crippen molar-refractivity contribution in [3.63, 3.8) is 0 Å². The van der Waals surface area contributed by atoms with Crippen LogP contribution in [0.1, 0.15) is 41.4 Å². The van der Waals surface area contributed by atoms with Crippen molar-refractivity contribution in [1.82, 2.24) is 10.2 Å². The summed E-state index contributed by atoms with van der Waals surface area (Å²) < 4.78 is 39.4. The van der Waals surface area contributed by atoms with E-state index in [1.54, 1.807) is 0 Å². The molecule has 3 nitrogen and oxygen atoms in total. The van der Waals surface area contributed by atoms with Crippen LogP contribution in [0.3, 0.4) is 0 Å². The number of rotatable bonds is 7. The smallest absolute Gasteiger partial charge is 0.350 e. The highest BCUT2D eigenvalue weighted by Crippen LogP contribution is 2.31. The molecule has 0 aromatic heterocycles. The van der Waals surface area contributed by atoms with E-state index in [4.69, 9.17) is 0 Å². The fourth-order valence-electron chi connectivity index (χ4n) is 3.01. The van der Waals surface area contributed by atoms with Crippen molar-refractivity contribution in [3.8, 4) is 0 Å². The van der Waals surface area contributed by atoms with E-state index in [0.29, 0.717) is 0 Å². The molecule has 1 atom stereocenters. The fraction of sp³-hybridized carbons (Fsp3) is 0.350. The maximum atomic E-state index is 13.1. The Morgan fingerprint density at radius 2 is 1.58 bits per heavy atom. The normalized spacial score (nSPS) is 12.8. The molecule has 0 heterocycles. The Balaban J connectivity index is 2.20. The molecular formula is C20H23F3N2O. The van der Waals surface area contributed by atoms with Crippen LogP contribution in [0.5, 0.6) is 0 Å². The molecule has 0 aliphatic carbocycles. The number of hydrogen-bond donors (Lipinski definition) is 1. The largest absolute Gasteiger partial charge is 0.417 e. The molecule has 0 aliphatic heterocycles. The van der Waals surface area contributed by atoms with Gasteiger partial charge < -0.3 is 5.32 Å². The van der Waals surface area contributed by atoms with Crippen molar-refractivity contribution < 1.29 is 18.0 Å². The Labute approximate surface area is 151 Å². The van der Waals surface area contributed by atoms with E-state index in [1.807, 2.05) is 44.2 Å². The van der Waals surface area contributed by atoms with Gasteiger partial charge in [-0.05, 0) is 30.8 Å². The summed E-state index contributed by atoms with van der Waals surface area (Å²) in [5, 5.41) is 2.68. The maximum absolute atomic E-state index is 13.1. The van der Waals surface area contributed by atoms with E-state index in [9.17, 15) is 18.0 Å². The third kappa shape index (κ3) is 4.85. The third-order valence-electron chi connectivity index (χ3n) is 4.37. The maximum Gasteiger partial charge on any atom is 0.417 e. The van der Waals surface area contributed by atoms with E-state index in [1.165, 1.54) is 18.2 Å². The van der Waals surface area contributed by atoms with Gasteiger partial charge in [-0.15, -0.1) is 0 Å². The van der Waals surface area contributed by atoms with Gasteiger partial charge in [0.25, 0.3) is 5.91 Å². The van der Waals surface area contributed by atoms with Gasteiger partial charge in [0.15, 0.2) is 0 Å². The number of carbonyl (C=O) groups excluding carboxylic acids is 1. The Bertz CT molecular complexity index is 712. The van der Waals surface area contributed by atoms with E-state index in [2.05, 4.69) is 10.2 Å². The predicted octanol–water partition coefficient (Wildman–Crippen LogP) is 4.52. The highest BCUT2D eigenvalue weighted by molar-refractivity contribution is 5.95. The van der Waals surface area contributed by atoms with Crippen LogP contribution in [0.15, 0.2) is 54.6 Å². The Morgan fingerprint density at radius 3 is 2.15 bits per heavy atom. The minimum absolute atomic E-state index is 0.104. The first kappa shape index (κ1) is 20.0. The highest BCUT2D eigenvalue weighted by atomic mass is 19.4. The van der Waals surface area contributed by atoms with Crippen LogP contribution in [0.4, 0.5) is 13.2 Å². The molecule has 0 bridgehead atoms. The number of halogens is 3. The Morgan fingerprint density at radius 1 is 1.00 bits per heavy atom. The monoisotopic (exact) mass is 364 g/mol. The zero-order valence-electron chi connectivity index (χ0n) is 14.9. The van der Waals surface area contributed by atoms with Crippen molar-refractivity contribution in [2.24, 2.45) is 0 Å². The Kier molecular flexibility index (Phi) is 6.80. The Hall–Kier alpha value is -2.34. The number of nitrogens with zero attached hydrogens (tertiary/aromatic N) is 1. The summed E-state index contributed by atoms with van der Waals surface area (Å²) in [6, 6.07) is 14.4. The summed E-state index contributed by atoms with van der Waals surface area (Å²) >= 11 is 0. The molecule has 1 N–H and O–H groups in total. The van der Waals surface area contributed by atoms with Gasteiger partial charge in [0.2, 0.25) is 0 Å². The topological polar surface area (TPSA) is 32.3 Å². The summed E-state index contributed by atoms with van der Waals surface area (Å²) in [4.78, 5) is 14.6. The minimum Gasteiger partial charge on any atom is -0.350 e. The van der Waals surface area contributed by atoms with Gasteiger partial charge in [-0.3, -0.25) is 9.69 Å². The number of alkyl halides is 3. The van der Waals surface area contributed by atoms with Gasteiger partial charge >= 0.3 is 6.18 Å². The lowest BCUT2D eigenvalue weighted by Crippen LogP contribution is -2.38. The van der Waals surface area contributed by atoms with Crippen molar-refractivity contribution >= 4 is 5.91 Å². The first-order valence-electron chi connectivity index (χ1n) is 8.61. The van der Waals surface area contributed by atoms with Crippen LogP contribution in [0, 0.1) is 0 Å². The number of nitrogens with one attached hydrogen (secondary N) is 1. The number of likely N-dealkylation sites (N-methyl/N-ethyl adjacent to an activating group) is 1. The molecule has 1 amide bonds. The number of benzene rings is 2. The van der Waals surface area contributed by atoms with Gasteiger partial charge in [-0.1, -0.05) is 56.3 Å². The van der Waals surface area contributed by atoms with Crippen molar-refractivity contribution in [2.75, 3.05) is 19.6 Å². The third-order valence-corrected chi connectivity index (χ3v) is 4.37. The molecule has 2 rings (SSSR count). The molecule has 2 aromatic rings. The number of amides is 1. The lowest BCUT2D eigenvalue weighted by molar-refractivity contribution is -0.137. The first-order chi connectivity index (χ1) is 12.4. The van der Waals surface area contributed by atoms with Crippen molar-refractivity contribution in [1.29, 1.82) is 0 Å². The molecule has 0 saturated heterocycles. The van der Waals surface area contributed by atoms with E-state index < -0.39 is 17.6 Å². The van der Waals surface area contributed by atoms with Crippen LogP contribution in [0.25, 0.3) is 0 Å². The quantitative estimate of drug-likeness (QED) is 0.784. The summed E-state index contributed by atoms with van der Waals surface area (Å²) in [6.07, 6.45) is -4.56. The zero-order valence-corrected chi connectivity index (χ0v) is 14.9.